The van der Waals surface area contributed by atoms with Crippen molar-refractivity contribution in [2.45, 2.75) is 49.4 Å². The Kier molecular flexibility index (Phi) is 6.91. The van der Waals surface area contributed by atoms with Gasteiger partial charge >= 0.3 is 0 Å². The Morgan fingerprint density at radius 2 is 2.00 bits per heavy atom. The molecule has 10 nitrogen and oxygen atoms in total. The normalized spacial score (nSPS) is 20.9. The van der Waals surface area contributed by atoms with Crippen molar-refractivity contribution in [3.05, 3.63) is 69.5 Å². The molecule has 14 heteroatoms. The summed E-state index contributed by atoms with van der Waals surface area (Å²) in [6.07, 6.45) is 3.47. The third kappa shape index (κ3) is 4.72. The van der Waals surface area contributed by atoms with Crippen LogP contribution in [0.2, 0.25) is 0 Å². The summed E-state index contributed by atoms with van der Waals surface area (Å²) in [5.74, 6) is -4.52. The predicted octanol–water partition coefficient (Wildman–Crippen LogP) is 4.73. The Morgan fingerprint density at radius 1 is 1.26 bits per heavy atom. The minimum Gasteiger partial charge on any atom is -0.494 e. The number of methoxy groups -OCH3 is 1. The van der Waals surface area contributed by atoms with Crippen LogP contribution < -0.4 is 20.5 Å². The average Bonchev–Trinajstić information content (AvgIpc) is 3.96. The summed E-state index contributed by atoms with van der Waals surface area (Å²) in [5, 5.41) is 19.8. The van der Waals surface area contributed by atoms with E-state index in [4.69, 9.17) is 15.2 Å². The first-order chi connectivity index (χ1) is 21.8. The van der Waals surface area contributed by atoms with Gasteiger partial charge in [-0.2, -0.15) is 5.10 Å². The topological polar surface area (TPSA) is 142 Å². The molecule has 240 valence electrons. The number of fused-ring (bicyclic) bond motifs is 2. The second-order valence-electron chi connectivity index (χ2n) is 12.4. The standard InChI is InChI=1S/C32H29BrF3N5O5/c1-30(29(37)43)14-46-27-19(30)11-22(39-26(27)18-5-6-20(34)23(33)24(18)35)32(44,17-3-4-17)13-38-28(42)15-9-16-12-41(31(36)7-8-31)40-25(16)21(10-15)45-2/h5-6,9-12,17,44H,3-4,7-8,13-14H2,1-2H3,(H2,37,43)(H,38,42)/t30-,32+/m0/s1. The number of aromatic nitrogens is 3. The number of nitrogens with zero attached hydrogens (tertiary/aromatic N) is 3. The summed E-state index contributed by atoms with van der Waals surface area (Å²) >= 11 is 2.92. The number of carbonyl (C=O) groups is 2. The number of hydrogen-bond donors (Lipinski definition) is 3. The Labute approximate surface area is 269 Å². The zero-order valence-electron chi connectivity index (χ0n) is 24.8. The first-order valence-corrected chi connectivity index (χ1v) is 15.5. The molecule has 3 heterocycles. The van der Waals surface area contributed by atoms with Crippen LogP contribution in [-0.4, -0.2) is 51.9 Å². The van der Waals surface area contributed by atoms with Crippen molar-refractivity contribution in [1.29, 1.82) is 0 Å². The summed E-state index contributed by atoms with van der Waals surface area (Å²) < 4.78 is 56.4. The molecule has 2 aromatic heterocycles. The number of nitrogens with two attached hydrogens (primary N) is 1. The number of halogens is 4. The zero-order valence-corrected chi connectivity index (χ0v) is 26.4. The predicted molar refractivity (Wildman–Crippen MR) is 163 cm³/mol. The number of aliphatic hydroxyl groups is 1. The van der Waals surface area contributed by atoms with Gasteiger partial charge in [-0.1, -0.05) is 0 Å². The molecule has 7 rings (SSSR count). The van der Waals surface area contributed by atoms with Crippen molar-refractivity contribution in [2.24, 2.45) is 11.7 Å². The molecule has 2 aromatic carbocycles. The Bertz CT molecular complexity index is 1960. The zero-order chi connectivity index (χ0) is 32.8. The molecule has 1 aliphatic heterocycles. The molecule has 0 spiro atoms. The van der Waals surface area contributed by atoms with Crippen LogP contribution in [0.25, 0.3) is 22.2 Å². The van der Waals surface area contributed by atoms with Crippen LogP contribution in [0.3, 0.4) is 0 Å². The molecule has 4 aromatic rings. The second-order valence-corrected chi connectivity index (χ2v) is 13.2. The molecule has 2 atom stereocenters. The van der Waals surface area contributed by atoms with Crippen molar-refractivity contribution in [3.63, 3.8) is 0 Å². The lowest BCUT2D eigenvalue weighted by molar-refractivity contribution is -0.123. The van der Waals surface area contributed by atoms with Crippen molar-refractivity contribution in [1.82, 2.24) is 20.1 Å². The Hall–Kier alpha value is -4.17. The molecule has 2 amide bonds. The van der Waals surface area contributed by atoms with E-state index in [2.05, 4.69) is 31.3 Å². The Balaban J connectivity index is 1.27. The van der Waals surface area contributed by atoms with Gasteiger partial charge in [-0.05, 0) is 71.9 Å². The molecule has 2 fully saturated rings. The van der Waals surface area contributed by atoms with Crippen LogP contribution in [-0.2, 0) is 21.6 Å². The highest BCUT2D eigenvalue weighted by Gasteiger charge is 2.50. The smallest absolute Gasteiger partial charge is 0.251 e. The van der Waals surface area contributed by atoms with Crippen LogP contribution >= 0.6 is 15.9 Å². The number of nitrogens with one attached hydrogen (secondary N) is 1. The summed E-state index contributed by atoms with van der Waals surface area (Å²) in [6.45, 7) is 1.13. The van der Waals surface area contributed by atoms with Gasteiger partial charge in [0.15, 0.2) is 0 Å². The van der Waals surface area contributed by atoms with Gasteiger partial charge in [0.25, 0.3) is 5.91 Å². The van der Waals surface area contributed by atoms with Gasteiger partial charge in [-0.15, -0.1) is 0 Å². The number of carbonyl (C=O) groups excluding carboxylic acids is 2. The summed E-state index contributed by atoms with van der Waals surface area (Å²) in [4.78, 5) is 30.7. The highest BCUT2D eigenvalue weighted by Crippen LogP contribution is 2.50. The van der Waals surface area contributed by atoms with Gasteiger partial charge in [0.05, 0.1) is 23.8 Å². The quantitative estimate of drug-likeness (QED) is 0.215. The molecule has 0 saturated heterocycles. The fraction of sp³-hybridized carbons (Fsp3) is 0.375. The van der Waals surface area contributed by atoms with E-state index in [0.29, 0.717) is 42.1 Å². The van der Waals surface area contributed by atoms with Gasteiger partial charge in [0.1, 0.15) is 52.0 Å². The lowest BCUT2D eigenvalue weighted by Gasteiger charge is -2.30. The lowest BCUT2D eigenvalue weighted by atomic mass is 9.81. The van der Waals surface area contributed by atoms with Crippen molar-refractivity contribution >= 4 is 38.6 Å². The largest absolute Gasteiger partial charge is 0.494 e. The molecule has 4 N–H and O–H groups in total. The van der Waals surface area contributed by atoms with E-state index in [-0.39, 0.29) is 53.1 Å². The van der Waals surface area contributed by atoms with Crippen LogP contribution in [0.15, 0.2) is 41.0 Å². The molecular weight excluding hydrogens is 671 g/mol. The molecule has 0 radical (unpaired) electrons. The molecule has 0 unspecified atom stereocenters. The number of ether oxygens (including phenoxy) is 2. The number of alkyl halides is 1. The molecule has 2 aliphatic carbocycles. The summed E-state index contributed by atoms with van der Waals surface area (Å²) in [5.41, 5.74) is 3.47. The third-order valence-electron chi connectivity index (χ3n) is 9.25. The minimum absolute atomic E-state index is 0.0467. The van der Waals surface area contributed by atoms with E-state index in [0.717, 1.165) is 6.07 Å². The number of benzene rings is 2. The van der Waals surface area contributed by atoms with E-state index in [1.807, 2.05) is 0 Å². The number of primary amides is 1. The van der Waals surface area contributed by atoms with E-state index < -0.39 is 44.7 Å². The van der Waals surface area contributed by atoms with Gasteiger partial charge in [-0.25, -0.2) is 22.8 Å². The maximum absolute atomic E-state index is 15.4. The highest BCUT2D eigenvalue weighted by atomic mass is 79.9. The van der Waals surface area contributed by atoms with E-state index in [1.165, 1.54) is 36.2 Å². The summed E-state index contributed by atoms with van der Waals surface area (Å²) in [6, 6.07) is 6.81. The van der Waals surface area contributed by atoms with Gasteiger partial charge < -0.3 is 25.6 Å². The molecule has 46 heavy (non-hydrogen) atoms. The lowest BCUT2D eigenvalue weighted by Crippen LogP contribution is -2.44. The van der Waals surface area contributed by atoms with Crippen molar-refractivity contribution in [2.75, 3.05) is 20.3 Å². The number of rotatable bonds is 9. The number of pyridine rings is 1. The van der Waals surface area contributed by atoms with Gasteiger partial charge in [-0.3, -0.25) is 9.59 Å². The van der Waals surface area contributed by atoms with Gasteiger partial charge in [0, 0.05) is 41.1 Å². The molecule has 0 bridgehead atoms. The summed E-state index contributed by atoms with van der Waals surface area (Å²) in [7, 11) is 1.42. The van der Waals surface area contributed by atoms with E-state index >= 15 is 4.39 Å². The molecule has 2 saturated carbocycles. The van der Waals surface area contributed by atoms with Crippen LogP contribution in [0, 0.1) is 17.6 Å². The van der Waals surface area contributed by atoms with E-state index in [1.54, 1.807) is 13.0 Å². The monoisotopic (exact) mass is 699 g/mol. The first kappa shape index (κ1) is 30.5. The Morgan fingerprint density at radius 3 is 2.65 bits per heavy atom. The second kappa shape index (κ2) is 10.4. The number of hydrogen-bond acceptors (Lipinski definition) is 7. The number of amides is 2. The highest BCUT2D eigenvalue weighted by molar-refractivity contribution is 9.10. The maximum Gasteiger partial charge on any atom is 0.251 e. The fourth-order valence-electron chi connectivity index (χ4n) is 5.95. The first-order valence-electron chi connectivity index (χ1n) is 14.7. The van der Waals surface area contributed by atoms with E-state index in [9.17, 15) is 23.5 Å². The van der Waals surface area contributed by atoms with Crippen molar-refractivity contribution in [3.8, 4) is 22.8 Å². The fourth-order valence-corrected chi connectivity index (χ4v) is 6.30. The van der Waals surface area contributed by atoms with Crippen LogP contribution in [0.4, 0.5) is 13.2 Å². The molecule has 3 aliphatic rings. The maximum atomic E-state index is 15.4. The van der Waals surface area contributed by atoms with Gasteiger partial charge in [0.2, 0.25) is 11.7 Å². The minimum atomic E-state index is -1.75. The molecular formula is C32H29BrF3N5O5. The van der Waals surface area contributed by atoms with Crippen molar-refractivity contribution < 1.29 is 37.3 Å². The van der Waals surface area contributed by atoms with Crippen LogP contribution in [0.1, 0.15) is 54.2 Å². The SMILES string of the molecule is COc1cc(C(=O)NC[C@](O)(c2cc3c(c(-c4ccc(F)c(Br)c4F)n2)OC[C@]3(C)C(N)=O)C2CC2)cc2cn(C3(F)CC3)nc12. The average molecular weight is 701 g/mol. The third-order valence-corrected chi connectivity index (χ3v) is 9.98. The van der Waals surface area contributed by atoms with Crippen LogP contribution in [0.5, 0.6) is 11.5 Å².